The van der Waals surface area contributed by atoms with Gasteiger partial charge in [-0.25, -0.2) is 4.98 Å². The highest BCUT2D eigenvalue weighted by molar-refractivity contribution is 6.39. The van der Waals surface area contributed by atoms with Crippen molar-refractivity contribution in [3.05, 3.63) is 53.3 Å². The van der Waals surface area contributed by atoms with E-state index in [-0.39, 0.29) is 5.91 Å². The number of ether oxygens (including phenoxy) is 1. The van der Waals surface area contributed by atoms with E-state index in [1.54, 1.807) is 16.7 Å². The first kappa shape index (κ1) is 14.4. The molecule has 112 valence electrons. The number of hydrogen-bond acceptors (Lipinski definition) is 3. The fourth-order valence-electron chi connectivity index (χ4n) is 2.36. The number of para-hydroxylation sites is 1. The van der Waals surface area contributed by atoms with E-state index in [9.17, 15) is 4.79 Å². The third-order valence-electron chi connectivity index (χ3n) is 3.46. The third kappa shape index (κ3) is 2.40. The van der Waals surface area contributed by atoms with Gasteiger partial charge in [-0.15, -0.1) is 0 Å². The van der Waals surface area contributed by atoms with Crippen LogP contribution >= 0.6 is 11.6 Å². The molecule has 2 heterocycles. The zero-order valence-electron chi connectivity index (χ0n) is 12.1. The van der Waals surface area contributed by atoms with Crippen LogP contribution in [0.5, 0.6) is 5.88 Å². The summed E-state index contributed by atoms with van der Waals surface area (Å²) in [5, 5.41) is 4.08. The number of amides is 1. The molecule has 0 fully saturated rings. The highest BCUT2D eigenvalue weighted by Gasteiger charge is 2.19. The second kappa shape index (κ2) is 5.69. The summed E-state index contributed by atoms with van der Waals surface area (Å²) in [4.78, 5) is 16.6. The molecule has 0 aliphatic carbocycles. The van der Waals surface area contributed by atoms with E-state index in [2.05, 4.69) is 10.3 Å². The van der Waals surface area contributed by atoms with E-state index in [1.807, 2.05) is 31.3 Å². The zero-order chi connectivity index (χ0) is 15.7. The Hall–Kier alpha value is -2.53. The summed E-state index contributed by atoms with van der Waals surface area (Å²) in [6, 6.07) is 11.0. The van der Waals surface area contributed by atoms with Crippen LogP contribution in [-0.4, -0.2) is 22.6 Å². The van der Waals surface area contributed by atoms with Gasteiger partial charge in [-0.1, -0.05) is 29.8 Å². The minimum absolute atomic E-state index is 0.282. The van der Waals surface area contributed by atoms with Gasteiger partial charge >= 0.3 is 0 Å². The van der Waals surface area contributed by atoms with E-state index in [0.29, 0.717) is 22.3 Å². The van der Waals surface area contributed by atoms with Gasteiger partial charge in [0.2, 0.25) is 5.88 Å². The lowest BCUT2D eigenvalue weighted by atomic mass is 10.2. The van der Waals surface area contributed by atoms with E-state index in [4.69, 9.17) is 16.3 Å². The highest BCUT2D eigenvalue weighted by Crippen LogP contribution is 2.30. The van der Waals surface area contributed by atoms with Crippen molar-refractivity contribution in [3.8, 4) is 5.88 Å². The number of aromatic nitrogens is 2. The third-order valence-corrected chi connectivity index (χ3v) is 3.85. The molecule has 0 bridgehead atoms. The SMILES string of the molecule is COc1ccc(NC(=O)c2c(Cl)c3ccccc3n2C)cn1. The fraction of sp³-hybridized carbons (Fsp3) is 0.125. The average Bonchev–Trinajstić information content (AvgIpc) is 2.80. The molecule has 0 saturated carbocycles. The van der Waals surface area contributed by atoms with Crippen molar-refractivity contribution in [1.29, 1.82) is 0 Å². The predicted octanol–water partition coefficient (Wildman–Crippen LogP) is 3.49. The molecule has 0 saturated heterocycles. The van der Waals surface area contributed by atoms with Crippen molar-refractivity contribution in [2.24, 2.45) is 7.05 Å². The summed E-state index contributed by atoms with van der Waals surface area (Å²) in [5.41, 5.74) is 1.90. The molecular formula is C16H14ClN3O2. The summed E-state index contributed by atoms with van der Waals surface area (Å²) in [5.74, 6) is 0.205. The lowest BCUT2D eigenvalue weighted by Crippen LogP contribution is -2.16. The first-order valence-corrected chi connectivity index (χ1v) is 7.04. The van der Waals surface area contributed by atoms with Gasteiger partial charge in [0, 0.05) is 24.0 Å². The smallest absolute Gasteiger partial charge is 0.273 e. The lowest BCUT2D eigenvalue weighted by Gasteiger charge is -2.07. The maximum Gasteiger partial charge on any atom is 0.273 e. The van der Waals surface area contributed by atoms with Gasteiger partial charge in [-0.2, -0.15) is 0 Å². The standard InChI is InChI=1S/C16H14ClN3O2/c1-20-12-6-4-3-5-11(12)14(17)15(20)16(21)19-10-7-8-13(22-2)18-9-10/h3-9H,1-2H3,(H,19,21). The molecule has 0 unspecified atom stereocenters. The zero-order valence-corrected chi connectivity index (χ0v) is 12.9. The molecule has 0 aliphatic rings. The van der Waals surface area contributed by atoms with Crippen LogP contribution in [0.15, 0.2) is 42.6 Å². The normalized spacial score (nSPS) is 10.7. The number of hydrogen-bond donors (Lipinski definition) is 1. The maximum absolute atomic E-state index is 12.5. The molecule has 3 aromatic rings. The lowest BCUT2D eigenvalue weighted by molar-refractivity contribution is 0.102. The van der Waals surface area contributed by atoms with Crippen LogP contribution in [0.4, 0.5) is 5.69 Å². The van der Waals surface area contributed by atoms with Crippen molar-refractivity contribution in [1.82, 2.24) is 9.55 Å². The van der Waals surface area contributed by atoms with Crippen molar-refractivity contribution in [2.45, 2.75) is 0 Å². The number of fused-ring (bicyclic) bond motifs is 1. The van der Waals surface area contributed by atoms with Crippen LogP contribution in [0.1, 0.15) is 10.5 Å². The molecule has 1 N–H and O–H groups in total. The van der Waals surface area contributed by atoms with Gasteiger partial charge in [-0.3, -0.25) is 4.79 Å². The summed E-state index contributed by atoms with van der Waals surface area (Å²) in [7, 11) is 3.35. The second-order valence-corrected chi connectivity index (χ2v) is 5.16. The van der Waals surface area contributed by atoms with Crippen molar-refractivity contribution in [2.75, 3.05) is 12.4 Å². The van der Waals surface area contributed by atoms with Gasteiger partial charge in [0.15, 0.2) is 0 Å². The van der Waals surface area contributed by atoms with Gasteiger partial charge < -0.3 is 14.6 Å². The Morgan fingerprint density at radius 3 is 2.68 bits per heavy atom. The molecule has 1 amide bonds. The minimum atomic E-state index is -0.282. The van der Waals surface area contributed by atoms with Gasteiger partial charge in [0.05, 0.1) is 24.0 Å². The van der Waals surface area contributed by atoms with Crippen molar-refractivity contribution >= 4 is 34.1 Å². The van der Waals surface area contributed by atoms with E-state index < -0.39 is 0 Å². The fourth-order valence-corrected chi connectivity index (χ4v) is 2.74. The number of pyridine rings is 1. The van der Waals surface area contributed by atoms with Crippen LogP contribution in [0.25, 0.3) is 10.9 Å². The Labute approximate surface area is 132 Å². The number of aryl methyl sites for hydroxylation is 1. The number of anilines is 1. The summed E-state index contributed by atoms with van der Waals surface area (Å²) in [6.07, 6.45) is 1.54. The summed E-state index contributed by atoms with van der Waals surface area (Å²) < 4.78 is 6.77. The molecule has 5 nitrogen and oxygen atoms in total. The van der Waals surface area contributed by atoms with Gasteiger partial charge in [-0.05, 0) is 12.1 Å². The molecule has 0 spiro atoms. The van der Waals surface area contributed by atoms with Crippen LogP contribution in [0.3, 0.4) is 0 Å². The largest absolute Gasteiger partial charge is 0.481 e. The Kier molecular flexibility index (Phi) is 3.73. The Morgan fingerprint density at radius 2 is 2.05 bits per heavy atom. The minimum Gasteiger partial charge on any atom is -0.481 e. The first-order chi connectivity index (χ1) is 10.6. The summed E-state index contributed by atoms with van der Waals surface area (Å²) in [6.45, 7) is 0. The number of methoxy groups -OCH3 is 1. The van der Waals surface area contributed by atoms with Crippen LogP contribution < -0.4 is 10.1 Å². The number of nitrogens with one attached hydrogen (secondary N) is 1. The number of rotatable bonds is 3. The number of halogens is 1. The van der Waals surface area contributed by atoms with Crippen LogP contribution in [0, 0.1) is 0 Å². The molecule has 6 heteroatoms. The molecule has 0 aliphatic heterocycles. The predicted molar refractivity (Wildman–Crippen MR) is 86.7 cm³/mol. The molecule has 1 aromatic carbocycles. The molecule has 2 aromatic heterocycles. The summed E-state index contributed by atoms with van der Waals surface area (Å²) >= 11 is 6.35. The Morgan fingerprint density at radius 1 is 1.27 bits per heavy atom. The molecule has 0 atom stereocenters. The van der Waals surface area contributed by atoms with Crippen molar-refractivity contribution in [3.63, 3.8) is 0 Å². The van der Waals surface area contributed by atoms with E-state index in [1.165, 1.54) is 13.3 Å². The topological polar surface area (TPSA) is 56.1 Å². The highest BCUT2D eigenvalue weighted by atomic mass is 35.5. The Bertz CT molecular complexity index is 801. The van der Waals surface area contributed by atoms with Crippen LogP contribution in [0.2, 0.25) is 5.02 Å². The number of carbonyl (C=O) groups excluding carboxylic acids is 1. The van der Waals surface area contributed by atoms with Gasteiger partial charge in [0.1, 0.15) is 5.69 Å². The monoisotopic (exact) mass is 315 g/mol. The molecule has 0 radical (unpaired) electrons. The Balaban J connectivity index is 1.95. The number of benzene rings is 1. The molecular weight excluding hydrogens is 302 g/mol. The number of nitrogens with zero attached hydrogens (tertiary/aromatic N) is 2. The quantitative estimate of drug-likeness (QED) is 0.805. The first-order valence-electron chi connectivity index (χ1n) is 6.66. The second-order valence-electron chi connectivity index (χ2n) is 4.78. The molecule has 22 heavy (non-hydrogen) atoms. The average molecular weight is 316 g/mol. The van der Waals surface area contributed by atoms with Crippen molar-refractivity contribution < 1.29 is 9.53 Å². The van der Waals surface area contributed by atoms with Crippen LogP contribution in [-0.2, 0) is 7.05 Å². The maximum atomic E-state index is 12.5. The van der Waals surface area contributed by atoms with Gasteiger partial charge in [0.25, 0.3) is 5.91 Å². The number of carbonyl (C=O) groups is 1. The van der Waals surface area contributed by atoms with E-state index in [0.717, 1.165) is 10.9 Å². The molecule has 3 rings (SSSR count). The van der Waals surface area contributed by atoms with E-state index >= 15 is 0 Å².